The number of imidazole rings is 1. The molecule has 5 nitrogen and oxygen atoms in total. The number of amides is 1. The zero-order chi connectivity index (χ0) is 11.4. The van der Waals surface area contributed by atoms with Gasteiger partial charge in [0.15, 0.2) is 4.96 Å². The van der Waals surface area contributed by atoms with E-state index in [1.807, 2.05) is 22.2 Å². The summed E-state index contributed by atoms with van der Waals surface area (Å²) < 4.78 is 1.90. The summed E-state index contributed by atoms with van der Waals surface area (Å²) in [6.07, 6.45) is 4.65. The van der Waals surface area contributed by atoms with Crippen molar-refractivity contribution in [3.63, 3.8) is 0 Å². The number of rotatable bonds is 5. The monoisotopic (exact) mass is 239 g/mol. The van der Waals surface area contributed by atoms with Crippen LogP contribution in [0.2, 0.25) is 0 Å². The van der Waals surface area contributed by atoms with E-state index in [0.717, 1.165) is 10.7 Å². The van der Waals surface area contributed by atoms with Crippen molar-refractivity contribution in [1.29, 1.82) is 0 Å². The number of aliphatic hydroxyl groups excluding tert-OH is 1. The molecule has 0 aliphatic heterocycles. The summed E-state index contributed by atoms with van der Waals surface area (Å²) in [4.78, 5) is 16.7. The molecule has 6 heteroatoms. The highest BCUT2D eigenvalue weighted by Gasteiger charge is 2.07. The molecule has 1 amide bonds. The minimum absolute atomic E-state index is 0.0563. The normalized spacial score (nSPS) is 10.8. The van der Waals surface area contributed by atoms with Crippen LogP contribution in [-0.2, 0) is 11.2 Å². The van der Waals surface area contributed by atoms with E-state index in [-0.39, 0.29) is 12.5 Å². The fraction of sp³-hybridized carbons (Fsp3) is 0.400. The van der Waals surface area contributed by atoms with Crippen LogP contribution in [0, 0.1) is 0 Å². The molecular weight excluding hydrogens is 226 g/mol. The summed E-state index contributed by atoms with van der Waals surface area (Å²) in [5.74, 6) is -0.0563. The highest BCUT2D eigenvalue weighted by Crippen LogP contribution is 2.11. The number of aliphatic hydroxyl groups is 1. The number of carbonyl (C=O) groups excluding carboxylic acids is 1. The lowest BCUT2D eigenvalue weighted by Gasteiger charge is -2.01. The first-order valence-electron chi connectivity index (χ1n) is 5.08. The summed E-state index contributed by atoms with van der Waals surface area (Å²) in [7, 11) is 0. The van der Waals surface area contributed by atoms with Crippen molar-refractivity contribution in [3.8, 4) is 0 Å². The average Bonchev–Trinajstić information content (AvgIpc) is 2.78. The third kappa shape index (κ3) is 2.59. The number of thiazole rings is 1. The number of hydrogen-bond acceptors (Lipinski definition) is 4. The molecule has 2 heterocycles. The van der Waals surface area contributed by atoms with Crippen LogP contribution in [0.5, 0.6) is 0 Å². The zero-order valence-corrected chi connectivity index (χ0v) is 9.54. The molecule has 0 radical (unpaired) electrons. The predicted octanol–water partition coefficient (Wildman–Crippen LogP) is 0.437. The number of hydrogen-bond donors (Lipinski definition) is 2. The van der Waals surface area contributed by atoms with E-state index >= 15 is 0 Å². The summed E-state index contributed by atoms with van der Waals surface area (Å²) >= 11 is 1.54. The van der Waals surface area contributed by atoms with E-state index in [0.29, 0.717) is 19.4 Å². The highest BCUT2D eigenvalue weighted by atomic mass is 32.1. The molecule has 2 N–H and O–H groups in total. The van der Waals surface area contributed by atoms with Gasteiger partial charge in [-0.2, -0.15) is 0 Å². The first kappa shape index (κ1) is 11.1. The van der Waals surface area contributed by atoms with E-state index in [1.165, 1.54) is 0 Å². The highest BCUT2D eigenvalue weighted by molar-refractivity contribution is 7.15. The van der Waals surface area contributed by atoms with Gasteiger partial charge in [-0.15, -0.1) is 11.3 Å². The third-order valence-electron chi connectivity index (χ3n) is 2.14. The van der Waals surface area contributed by atoms with Crippen molar-refractivity contribution in [2.24, 2.45) is 0 Å². The molecule has 2 aromatic rings. The number of nitrogens with one attached hydrogen (secondary N) is 1. The van der Waals surface area contributed by atoms with Gasteiger partial charge >= 0.3 is 0 Å². The Kier molecular flexibility index (Phi) is 3.53. The molecule has 0 saturated carbocycles. The molecule has 0 fully saturated rings. The third-order valence-corrected chi connectivity index (χ3v) is 2.91. The molecule has 0 aliphatic carbocycles. The minimum Gasteiger partial charge on any atom is -0.396 e. The van der Waals surface area contributed by atoms with Crippen LogP contribution in [0.3, 0.4) is 0 Å². The molecule has 0 saturated heterocycles. The van der Waals surface area contributed by atoms with Crippen molar-refractivity contribution >= 4 is 22.2 Å². The van der Waals surface area contributed by atoms with Gasteiger partial charge in [0.05, 0.1) is 12.1 Å². The van der Waals surface area contributed by atoms with Gasteiger partial charge in [-0.3, -0.25) is 9.20 Å². The Labute approximate surface area is 96.7 Å². The molecule has 2 rings (SSSR count). The van der Waals surface area contributed by atoms with E-state index in [4.69, 9.17) is 5.11 Å². The van der Waals surface area contributed by atoms with Crippen LogP contribution in [0.25, 0.3) is 4.96 Å². The summed E-state index contributed by atoms with van der Waals surface area (Å²) in [5, 5.41) is 13.2. The number of fused-ring (bicyclic) bond motifs is 1. The Morgan fingerprint density at radius 1 is 1.62 bits per heavy atom. The maximum atomic E-state index is 11.4. The number of carbonyl (C=O) groups is 1. The van der Waals surface area contributed by atoms with E-state index in [1.54, 1.807) is 11.3 Å². The fourth-order valence-electron chi connectivity index (χ4n) is 1.40. The Morgan fingerprint density at radius 3 is 3.25 bits per heavy atom. The molecule has 86 valence electrons. The summed E-state index contributed by atoms with van der Waals surface area (Å²) in [6, 6.07) is 0. The smallest absolute Gasteiger partial charge is 0.226 e. The maximum Gasteiger partial charge on any atom is 0.226 e. The fourth-order valence-corrected chi connectivity index (χ4v) is 2.11. The van der Waals surface area contributed by atoms with Gasteiger partial charge in [0.1, 0.15) is 0 Å². The van der Waals surface area contributed by atoms with Gasteiger partial charge < -0.3 is 10.4 Å². The molecular formula is C10H13N3O2S. The van der Waals surface area contributed by atoms with E-state index in [2.05, 4.69) is 10.3 Å². The van der Waals surface area contributed by atoms with Gasteiger partial charge in [-0.1, -0.05) is 0 Å². The molecule has 0 aromatic carbocycles. The van der Waals surface area contributed by atoms with E-state index < -0.39 is 0 Å². The molecule has 0 unspecified atom stereocenters. The SMILES string of the molecule is O=C(Cc1cn2ccsc2n1)NCCCO. The quantitative estimate of drug-likeness (QED) is 0.744. The first-order valence-corrected chi connectivity index (χ1v) is 5.96. The van der Waals surface area contributed by atoms with Crippen LogP contribution in [0.4, 0.5) is 0 Å². The summed E-state index contributed by atoms with van der Waals surface area (Å²) in [6.45, 7) is 0.609. The number of nitrogens with zero attached hydrogens (tertiary/aromatic N) is 2. The van der Waals surface area contributed by atoms with Crippen LogP contribution >= 0.6 is 11.3 Å². The Balaban J connectivity index is 1.89. The van der Waals surface area contributed by atoms with Crippen molar-refractivity contribution in [2.75, 3.05) is 13.2 Å². The average molecular weight is 239 g/mol. The van der Waals surface area contributed by atoms with Gasteiger partial charge in [0.2, 0.25) is 5.91 Å². The summed E-state index contributed by atoms with van der Waals surface area (Å²) in [5.41, 5.74) is 0.772. The molecule has 2 aromatic heterocycles. The molecule has 0 bridgehead atoms. The molecule has 0 aliphatic rings. The Hall–Kier alpha value is -1.40. The van der Waals surface area contributed by atoms with Crippen molar-refractivity contribution in [3.05, 3.63) is 23.5 Å². The van der Waals surface area contributed by atoms with Crippen LogP contribution in [-0.4, -0.2) is 33.6 Å². The Bertz CT molecular complexity index is 449. The first-order chi connectivity index (χ1) is 7.79. The second-order valence-corrected chi connectivity index (χ2v) is 4.30. The van der Waals surface area contributed by atoms with Crippen LogP contribution in [0.15, 0.2) is 17.8 Å². The second kappa shape index (κ2) is 5.09. The lowest BCUT2D eigenvalue weighted by molar-refractivity contribution is -0.120. The zero-order valence-electron chi connectivity index (χ0n) is 8.72. The van der Waals surface area contributed by atoms with Gasteiger partial charge in [-0.25, -0.2) is 4.98 Å². The predicted molar refractivity (Wildman–Crippen MR) is 61.5 cm³/mol. The van der Waals surface area contributed by atoms with Gasteiger partial charge in [0.25, 0.3) is 0 Å². The van der Waals surface area contributed by atoms with Crippen LogP contribution in [0.1, 0.15) is 12.1 Å². The van der Waals surface area contributed by atoms with Gasteiger partial charge in [-0.05, 0) is 6.42 Å². The largest absolute Gasteiger partial charge is 0.396 e. The number of aromatic nitrogens is 2. The standard InChI is InChI=1S/C10H13N3O2S/c14-4-1-2-11-9(15)6-8-7-13-3-5-16-10(13)12-8/h3,5,7,14H,1-2,4,6H2,(H,11,15). The van der Waals surface area contributed by atoms with Crippen molar-refractivity contribution in [2.45, 2.75) is 12.8 Å². The molecule has 0 spiro atoms. The lowest BCUT2D eigenvalue weighted by Crippen LogP contribution is -2.26. The molecule has 0 atom stereocenters. The van der Waals surface area contributed by atoms with Crippen LogP contribution < -0.4 is 5.32 Å². The van der Waals surface area contributed by atoms with Crippen molar-refractivity contribution in [1.82, 2.24) is 14.7 Å². The Morgan fingerprint density at radius 2 is 2.50 bits per heavy atom. The maximum absolute atomic E-state index is 11.4. The minimum atomic E-state index is -0.0563. The second-order valence-electron chi connectivity index (χ2n) is 3.43. The van der Waals surface area contributed by atoms with Gasteiger partial charge in [0, 0.05) is 30.9 Å². The lowest BCUT2D eigenvalue weighted by atomic mass is 10.3. The van der Waals surface area contributed by atoms with E-state index in [9.17, 15) is 4.79 Å². The molecule has 16 heavy (non-hydrogen) atoms. The topological polar surface area (TPSA) is 66.6 Å². The van der Waals surface area contributed by atoms with Crippen molar-refractivity contribution < 1.29 is 9.90 Å².